The summed E-state index contributed by atoms with van der Waals surface area (Å²) in [5.41, 5.74) is 4.63. The molecule has 240 valence electrons. The second kappa shape index (κ2) is 11.0. The summed E-state index contributed by atoms with van der Waals surface area (Å²) in [5, 5.41) is 22.7. The van der Waals surface area contributed by atoms with Crippen LogP contribution >= 0.6 is 0 Å². The van der Waals surface area contributed by atoms with Gasteiger partial charge in [0.2, 0.25) is 5.96 Å². The first kappa shape index (κ1) is 28.4. The van der Waals surface area contributed by atoms with Crippen LogP contribution in [-0.4, -0.2) is 10.5 Å². The molecule has 1 aromatic heterocycles. The van der Waals surface area contributed by atoms with Gasteiger partial charge in [0.25, 0.3) is 0 Å². The average Bonchev–Trinajstić information content (AvgIpc) is 3.55. The molecule has 2 N–H and O–H groups in total. The zero-order valence-corrected chi connectivity index (χ0v) is 27.7. The lowest BCUT2D eigenvalue weighted by Crippen LogP contribution is -2.47. The van der Waals surface area contributed by atoms with Crippen LogP contribution in [0.5, 0.6) is 0 Å². The summed E-state index contributed by atoms with van der Waals surface area (Å²) in [5.74, 6) is 0.820. The molecular formula is C47H32N4. The third-order valence-electron chi connectivity index (χ3n) is 10.8. The molecule has 4 nitrogen and oxygen atoms in total. The monoisotopic (exact) mass is 652 g/mol. The van der Waals surface area contributed by atoms with Gasteiger partial charge < -0.3 is 5.32 Å². The first-order valence-electron chi connectivity index (χ1n) is 17.6. The molecule has 0 amide bonds. The number of aromatic nitrogens is 1. The van der Waals surface area contributed by atoms with Crippen LogP contribution in [0.15, 0.2) is 175 Å². The van der Waals surface area contributed by atoms with Gasteiger partial charge in [-0.3, -0.25) is 9.88 Å². The van der Waals surface area contributed by atoms with E-state index in [-0.39, 0.29) is 12.3 Å². The van der Waals surface area contributed by atoms with Crippen molar-refractivity contribution in [3.05, 3.63) is 181 Å². The lowest BCUT2D eigenvalue weighted by Gasteiger charge is -2.33. The van der Waals surface area contributed by atoms with Crippen molar-refractivity contribution in [1.29, 1.82) is 0 Å². The SMILES string of the molecule is c1ccc2c(C3N=C(n4c5ccccc5c5c6c7ccccc7ccc6c6ccccc6c54)NC(c4cccc5ccccc45)N3)cccc2c1. The van der Waals surface area contributed by atoms with Crippen molar-refractivity contribution >= 4 is 81.6 Å². The Kier molecular flexibility index (Phi) is 6.12. The minimum atomic E-state index is -0.305. The van der Waals surface area contributed by atoms with E-state index in [0.29, 0.717) is 0 Å². The number of aliphatic imine (C=N–C) groups is 1. The number of hydrogen-bond acceptors (Lipinski definition) is 3. The van der Waals surface area contributed by atoms with Gasteiger partial charge >= 0.3 is 0 Å². The molecule has 4 heteroatoms. The van der Waals surface area contributed by atoms with Gasteiger partial charge in [0.15, 0.2) is 0 Å². The van der Waals surface area contributed by atoms with Crippen LogP contribution in [0, 0.1) is 0 Å². The van der Waals surface area contributed by atoms with Crippen molar-refractivity contribution in [1.82, 2.24) is 15.2 Å². The van der Waals surface area contributed by atoms with Crippen LogP contribution in [-0.2, 0) is 0 Å². The number of rotatable bonds is 2. The molecule has 2 atom stereocenters. The molecule has 0 fully saturated rings. The highest BCUT2D eigenvalue weighted by atomic mass is 15.4. The third-order valence-corrected chi connectivity index (χ3v) is 10.8. The molecule has 0 bridgehead atoms. The number of nitrogens with one attached hydrogen (secondary N) is 2. The fourth-order valence-corrected chi connectivity index (χ4v) is 8.62. The Bertz CT molecular complexity index is 3050. The van der Waals surface area contributed by atoms with Crippen molar-refractivity contribution in [2.45, 2.75) is 12.3 Å². The van der Waals surface area contributed by atoms with E-state index in [1.165, 1.54) is 70.2 Å². The van der Waals surface area contributed by atoms with E-state index in [1.54, 1.807) is 0 Å². The largest absolute Gasteiger partial charge is 0.336 e. The molecule has 2 unspecified atom stereocenters. The molecular weight excluding hydrogens is 621 g/mol. The van der Waals surface area contributed by atoms with Crippen molar-refractivity contribution in [2.24, 2.45) is 4.99 Å². The second-order valence-electron chi connectivity index (χ2n) is 13.6. The summed E-state index contributed by atoms with van der Waals surface area (Å²) >= 11 is 0. The van der Waals surface area contributed by atoms with Crippen LogP contribution < -0.4 is 10.6 Å². The average molecular weight is 653 g/mol. The Labute approximate surface area is 294 Å². The highest BCUT2D eigenvalue weighted by molar-refractivity contribution is 6.37. The van der Waals surface area contributed by atoms with Crippen LogP contribution in [0.3, 0.4) is 0 Å². The van der Waals surface area contributed by atoms with Crippen LogP contribution in [0.25, 0.3) is 75.7 Å². The maximum atomic E-state index is 5.61. The van der Waals surface area contributed by atoms with Gasteiger partial charge in [0, 0.05) is 21.5 Å². The zero-order chi connectivity index (χ0) is 33.5. The van der Waals surface area contributed by atoms with E-state index in [2.05, 4.69) is 185 Å². The van der Waals surface area contributed by atoms with Crippen LogP contribution in [0.4, 0.5) is 0 Å². The highest BCUT2D eigenvalue weighted by Gasteiger charge is 2.30. The first-order chi connectivity index (χ1) is 25.3. The normalized spacial score (nSPS) is 16.4. The fraction of sp³-hybridized carbons (Fsp3) is 0.0426. The lowest BCUT2D eigenvalue weighted by molar-refractivity contribution is 0.407. The van der Waals surface area contributed by atoms with Gasteiger partial charge in [0.1, 0.15) is 12.3 Å². The van der Waals surface area contributed by atoms with Crippen molar-refractivity contribution < 1.29 is 0 Å². The Morgan fingerprint density at radius 1 is 0.412 bits per heavy atom. The van der Waals surface area contributed by atoms with Gasteiger partial charge in [-0.2, -0.15) is 0 Å². The molecule has 0 saturated heterocycles. The van der Waals surface area contributed by atoms with Gasteiger partial charge in [0.05, 0.1) is 11.0 Å². The number of para-hydroxylation sites is 1. The Balaban J connectivity index is 1.27. The van der Waals surface area contributed by atoms with Gasteiger partial charge in [-0.15, -0.1) is 0 Å². The molecule has 2 heterocycles. The maximum Gasteiger partial charge on any atom is 0.206 e. The number of nitrogens with zero attached hydrogens (tertiary/aromatic N) is 2. The minimum Gasteiger partial charge on any atom is -0.336 e. The number of hydrogen-bond donors (Lipinski definition) is 2. The lowest BCUT2D eigenvalue weighted by atomic mass is 9.93. The summed E-state index contributed by atoms with van der Waals surface area (Å²) in [6.07, 6.45) is -0.517. The molecule has 0 saturated carbocycles. The Morgan fingerprint density at radius 3 is 1.71 bits per heavy atom. The number of fused-ring (bicyclic) bond motifs is 12. The summed E-state index contributed by atoms with van der Waals surface area (Å²) in [6, 6.07) is 61.4. The van der Waals surface area contributed by atoms with Crippen molar-refractivity contribution in [2.75, 3.05) is 0 Å². The zero-order valence-electron chi connectivity index (χ0n) is 27.7. The third kappa shape index (κ3) is 4.21. The fourth-order valence-electron chi connectivity index (χ4n) is 8.62. The second-order valence-corrected chi connectivity index (χ2v) is 13.6. The van der Waals surface area contributed by atoms with E-state index in [4.69, 9.17) is 4.99 Å². The predicted molar refractivity (Wildman–Crippen MR) is 214 cm³/mol. The molecule has 9 aromatic carbocycles. The maximum absolute atomic E-state index is 5.61. The minimum absolute atomic E-state index is 0.212. The molecule has 0 aliphatic carbocycles. The van der Waals surface area contributed by atoms with Crippen LogP contribution in [0.2, 0.25) is 0 Å². The molecule has 0 spiro atoms. The standard InChI is InChI=1S/C47H32N4/c1-4-18-32-29(13-1)16-11-24-38(32)45-48-46(39-25-12-17-30-14-2-5-19-33(30)39)50-47(49-45)51-41-26-10-9-23-40(41)43-42-34-20-6-3-15-31(34)27-28-36(42)35-21-7-8-22-37(35)44(43)51/h1-28,45-46,48H,(H,49,50). The van der Waals surface area contributed by atoms with Gasteiger partial charge in [-0.1, -0.05) is 164 Å². The predicted octanol–water partition coefficient (Wildman–Crippen LogP) is 11.4. The Morgan fingerprint density at radius 2 is 0.961 bits per heavy atom. The van der Waals surface area contributed by atoms with Gasteiger partial charge in [-0.05, 0) is 60.3 Å². The van der Waals surface area contributed by atoms with E-state index >= 15 is 0 Å². The van der Waals surface area contributed by atoms with Crippen molar-refractivity contribution in [3.8, 4) is 0 Å². The molecule has 1 aliphatic rings. The smallest absolute Gasteiger partial charge is 0.206 e. The quantitative estimate of drug-likeness (QED) is 0.183. The summed E-state index contributed by atoms with van der Waals surface area (Å²) in [6.45, 7) is 0. The van der Waals surface area contributed by atoms with E-state index in [9.17, 15) is 0 Å². The van der Waals surface area contributed by atoms with E-state index in [0.717, 1.165) is 22.6 Å². The summed E-state index contributed by atoms with van der Waals surface area (Å²) in [7, 11) is 0. The Hall–Kier alpha value is -6.49. The van der Waals surface area contributed by atoms with E-state index < -0.39 is 0 Å². The van der Waals surface area contributed by atoms with Crippen molar-refractivity contribution in [3.63, 3.8) is 0 Å². The highest BCUT2D eigenvalue weighted by Crippen LogP contribution is 2.44. The molecule has 11 rings (SSSR count). The number of benzene rings is 9. The topological polar surface area (TPSA) is 41.4 Å². The summed E-state index contributed by atoms with van der Waals surface area (Å²) in [4.78, 5) is 5.61. The first-order valence-corrected chi connectivity index (χ1v) is 17.6. The molecule has 51 heavy (non-hydrogen) atoms. The molecule has 10 aromatic rings. The molecule has 0 radical (unpaired) electrons. The van der Waals surface area contributed by atoms with Crippen LogP contribution in [0.1, 0.15) is 23.5 Å². The van der Waals surface area contributed by atoms with E-state index in [1.807, 2.05) is 0 Å². The summed E-state index contributed by atoms with van der Waals surface area (Å²) < 4.78 is 2.39. The van der Waals surface area contributed by atoms with Gasteiger partial charge in [-0.25, -0.2) is 4.99 Å². The molecule has 1 aliphatic heterocycles.